The van der Waals surface area contributed by atoms with Gasteiger partial charge in [0.15, 0.2) is 0 Å². The summed E-state index contributed by atoms with van der Waals surface area (Å²) < 4.78 is 5.06. The Hall–Kier alpha value is -3.14. The summed E-state index contributed by atoms with van der Waals surface area (Å²) in [5.74, 6) is 0.473. The van der Waals surface area contributed by atoms with E-state index in [1.54, 1.807) is 30.5 Å². The summed E-state index contributed by atoms with van der Waals surface area (Å²) in [5.41, 5.74) is 3.24. The number of carbonyl (C=O) groups excluding carboxylic acids is 1. The second kappa shape index (κ2) is 6.54. The van der Waals surface area contributed by atoms with Gasteiger partial charge >= 0.3 is 6.09 Å². The number of fused-ring (bicyclic) bond motifs is 1. The van der Waals surface area contributed by atoms with E-state index in [0.717, 1.165) is 16.3 Å². The molecular weight excluding hydrogens is 276 g/mol. The number of para-hydroxylation sites is 1. The number of ether oxygens (including phenoxy) is 1. The molecule has 1 N–H and O–H groups in total. The molecule has 0 unspecified atom stereocenters. The van der Waals surface area contributed by atoms with Crippen molar-refractivity contribution >= 4 is 23.1 Å². The van der Waals surface area contributed by atoms with E-state index in [1.165, 1.54) is 0 Å². The molecule has 4 heteroatoms. The Morgan fingerprint density at radius 3 is 2.45 bits per heavy atom. The van der Waals surface area contributed by atoms with Gasteiger partial charge in [-0.25, -0.2) is 10.2 Å². The van der Waals surface area contributed by atoms with Crippen molar-refractivity contribution in [2.45, 2.75) is 0 Å². The van der Waals surface area contributed by atoms with Gasteiger partial charge < -0.3 is 4.74 Å². The van der Waals surface area contributed by atoms with Crippen LogP contribution in [0, 0.1) is 0 Å². The first-order valence-electron chi connectivity index (χ1n) is 6.86. The lowest BCUT2D eigenvalue weighted by molar-refractivity contribution is 0.201. The van der Waals surface area contributed by atoms with Gasteiger partial charge in [-0.05, 0) is 34.5 Å². The summed E-state index contributed by atoms with van der Waals surface area (Å²) in [6, 6.07) is 22.9. The van der Waals surface area contributed by atoms with Gasteiger partial charge in [-0.1, -0.05) is 54.6 Å². The molecule has 3 rings (SSSR count). The molecule has 3 aromatic carbocycles. The first-order chi connectivity index (χ1) is 10.8. The SMILES string of the molecule is O=C(N/N=C/c1ccc2ccccc2c1)Oc1ccccc1. The van der Waals surface area contributed by atoms with Crippen molar-refractivity contribution < 1.29 is 9.53 Å². The van der Waals surface area contributed by atoms with Crippen LogP contribution in [0.5, 0.6) is 5.75 Å². The van der Waals surface area contributed by atoms with Gasteiger partial charge in [0, 0.05) is 0 Å². The minimum Gasteiger partial charge on any atom is -0.409 e. The highest BCUT2D eigenvalue weighted by Crippen LogP contribution is 2.14. The average molecular weight is 290 g/mol. The zero-order valence-corrected chi connectivity index (χ0v) is 11.8. The monoisotopic (exact) mass is 290 g/mol. The molecule has 0 aliphatic carbocycles. The molecule has 108 valence electrons. The summed E-state index contributed by atoms with van der Waals surface area (Å²) >= 11 is 0. The predicted molar refractivity (Wildman–Crippen MR) is 87.1 cm³/mol. The van der Waals surface area contributed by atoms with E-state index in [0.29, 0.717) is 5.75 Å². The lowest BCUT2D eigenvalue weighted by Crippen LogP contribution is -2.21. The molecule has 0 aromatic heterocycles. The molecule has 0 atom stereocenters. The first kappa shape index (κ1) is 13.8. The second-order valence-electron chi connectivity index (χ2n) is 4.68. The molecule has 0 heterocycles. The van der Waals surface area contributed by atoms with Crippen LogP contribution in [-0.4, -0.2) is 12.3 Å². The van der Waals surface area contributed by atoms with Gasteiger partial charge in [-0.2, -0.15) is 5.10 Å². The number of carbonyl (C=O) groups is 1. The molecule has 0 saturated carbocycles. The lowest BCUT2D eigenvalue weighted by Gasteiger charge is -2.02. The summed E-state index contributed by atoms with van der Waals surface area (Å²) in [4.78, 5) is 11.6. The van der Waals surface area contributed by atoms with Crippen LogP contribution in [0.3, 0.4) is 0 Å². The van der Waals surface area contributed by atoms with E-state index >= 15 is 0 Å². The summed E-state index contributed by atoms with van der Waals surface area (Å²) in [6.07, 6.45) is 0.960. The molecule has 3 aromatic rings. The number of benzene rings is 3. The maximum absolute atomic E-state index is 11.6. The van der Waals surface area contributed by atoms with Crippen molar-refractivity contribution in [1.82, 2.24) is 5.43 Å². The second-order valence-corrected chi connectivity index (χ2v) is 4.68. The van der Waals surface area contributed by atoms with Crippen LogP contribution in [0.1, 0.15) is 5.56 Å². The van der Waals surface area contributed by atoms with E-state index in [-0.39, 0.29) is 0 Å². The summed E-state index contributed by atoms with van der Waals surface area (Å²) in [6.45, 7) is 0. The molecule has 4 nitrogen and oxygen atoms in total. The summed E-state index contributed by atoms with van der Waals surface area (Å²) in [7, 11) is 0. The average Bonchev–Trinajstić information content (AvgIpc) is 2.55. The number of nitrogens with one attached hydrogen (secondary N) is 1. The van der Waals surface area contributed by atoms with E-state index in [1.807, 2.05) is 48.5 Å². The van der Waals surface area contributed by atoms with Crippen LogP contribution in [0.15, 0.2) is 77.9 Å². The number of rotatable bonds is 3. The lowest BCUT2D eigenvalue weighted by atomic mass is 10.1. The molecule has 0 saturated heterocycles. The van der Waals surface area contributed by atoms with Gasteiger partial charge in [-0.3, -0.25) is 0 Å². The Morgan fingerprint density at radius 1 is 0.909 bits per heavy atom. The van der Waals surface area contributed by atoms with Crippen LogP contribution in [0.25, 0.3) is 10.8 Å². The zero-order valence-electron chi connectivity index (χ0n) is 11.8. The maximum atomic E-state index is 11.6. The third-order valence-electron chi connectivity index (χ3n) is 3.10. The van der Waals surface area contributed by atoms with Gasteiger partial charge in [0.1, 0.15) is 5.75 Å². The molecule has 0 radical (unpaired) electrons. The van der Waals surface area contributed by atoms with Crippen LogP contribution < -0.4 is 10.2 Å². The number of nitrogens with zero attached hydrogens (tertiary/aromatic N) is 1. The highest BCUT2D eigenvalue weighted by atomic mass is 16.6. The van der Waals surface area contributed by atoms with Gasteiger partial charge in [0.25, 0.3) is 0 Å². The zero-order chi connectivity index (χ0) is 15.2. The topological polar surface area (TPSA) is 50.7 Å². The van der Waals surface area contributed by atoms with Crippen molar-refractivity contribution in [1.29, 1.82) is 0 Å². The summed E-state index contributed by atoms with van der Waals surface area (Å²) in [5, 5.41) is 6.18. The van der Waals surface area contributed by atoms with Crippen LogP contribution in [-0.2, 0) is 0 Å². The molecule has 0 fully saturated rings. The molecule has 0 spiro atoms. The predicted octanol–water partition coefficient (Wildman–Crippen LogP) is 3.96. The van der Waals surface area contributed by atoms with E-state index in [4.69, 9.17) is 4.74 Å². The van der Waals surface area contributed by atoms with Crippen molar-refractivity contribution in [3.05, 3.63) is 78.4 Å². The molecule has 1 amide bonds. The van der Waals surface area contributed by atoms with Crippen LogP contribution in [0.2, 0.25) is 0 Å². The normalized spacial score (nSPS) is 10.7. The van der Waals surface area contributed by atoms with Crippen molar-refractivity contribution in [3.63, 3.8) is 0 Å². The molecule has 0 aliphatic heterocycles. The third-order valence-corrected chi connectivity index (χ3v) is 3.10. The Morgan fingerprint density at radius 2 is 1.64 bits per heavy atom. The molecule has 0 bridgehead atoms. The standard InChI is InChI=1S/C18H14N2O2/c21-18(22-17-8-2-1-3-9-17)20-19-13-14-10-11-15-6-4-5-7-16(15)12-14/h1-13H,(H,20,21)/b19-13+. The van der Waals surface area contributed by atoms with Gasteiger partial charge in [-0.15, -0.1) is 0 Å². The van der Waals surface area contributed by atoms with Crippen molar-refractivity contribution in [3.8, 4) is 5.75 Å². The third kappa shape index (κ3) is 3.49. The Bertz CT molecular complexity index is 813. The van der Waals surface area contributed by atoms with Crippen LogP contribution in [0.4, 0.5) is 4.79 Å². The van der Waals surface area contributed by atoms with E-state index in [9.17, 15) is 4.79 Å². The fraction of sp³-hybridized carbons (Fsp3) is 0. The number of hydrazone groups is 1. The number of hydrogen-bond donors (Lipinski definition) is 1. The quantitative estimate of drug-likeness (QED) is 0.586. The Balaban J connectivity index is 1.62. The largest absolute Gasteiger partial charge is 0.433 e. The number of hydrogen-bond acceptors (Lipinski definition) is 3. The van der Waals surface area contributed by atoms with E-state index < -0.39 is 6.09 Å². The fourth-order valence-electron chi connectivity index (χ4n) is 2.07. The van der Waals surface area contributed by atoms with Crippen molar-refractivity contribution in [2.75, 3.05) is 0 Å². The highest BCUT2D eigenvalue weighted by molar-refractivity contribution is 5.90. The minimum atomic E-state index is -0.622. The molecule has 22 heavy (non-hydrogen) atoms. The smallest absolute Gasteiger partial charge is 0.409 e. The van der Waals surface area contributed by atoms with Gasteiger partial charge in [0.2, 0.25) is 0 Å². The van der Waals surface area contributed by atoms with E-state index in [2.05, 4.69) is 10.5 Å². The van der Waals surface area contributed by atoms with Crippen molar-refractivity contribution in [2.24, 2.45) is 5.10 Å². The molecule has 0 aliphatic rings. The van der Waals surface area contributed by atoms with Gasteiger partial charge in [0.05, 0.1) is 6.21 Å². The Labute approximate surface area is 128 Å². The fourth-order valence-corrected chi connectivity index (χ4v) is 2.07. The van der Waals surface area contributed by atoms with Crippen LogP contribution >= 0.6 is 0 Å². The Kier molecular flexibility index (Phi) is 4.11. The minimum absolute atomic E-state index is 0.473. The first-order valence-corrected chi connectivity index (χ1v) is 6.86. The number of amides is 1. The highest BCUT2D eigenvalue weighted by Gasteiger charge is 2.01. The maximum Gasteiger partial charge on any atom is 0.433 e. The molecular formula is C18H14N2O2.